The van der Waals surface area contributed by atoms with Crippen LogP contribution in [0, 0.1) is 0 Å². The topological polar surface area (TPSA) is 163 Å². The molecule has 0 bridgehead atoms. The monoisotopic (exact) mass is 304 g/mol. The molecule has 1 fully saturated rings. The maximum Gasteiger partial charge on any atom is 1.00 e. The van der Waals surface area contributed by atoms with Gasteiger partial charge in [0.1, 0.15) is 24.4 Å². The van der Waals surface area contributed by atoms with Gasteiger partial charge < -0.3 is 44.0 Å². The first-order chi connectivity index (χ1) is 7.26. The minimum absolute atomic E-state index is 0. The van der Waals surface area contributed by atoms with E-state index in [9.17, 15) is 29.7 Å². The number of ether oxygens (including phenoxy) is 1. The fourth-order valence-electron chi connectivity index (χ4n) is 1.28. The fourth-order valence-corrected chi connectivity index (χ4v) is 1.71. The summed E-state index contributed by atoms with van der Waals surface area (Å²) in [5, 5.41) is 36.5. The van der Waals surface area contributed by atoms with Crippen LogP contribution in [0.4, 0.5) is 0 Å². The van der Waals surface area contributed by atoms with Gasteiger partial charge in [0.15, 0.2) is 6.29 Å². The number of rotatable bonds is 3. The molecule has 9 nitrogen and oxygen atoms in total. The van der Waals surface area contributed by atoms with E-state index in [1.165, 1.54) is 0 Å². The summed E-state index contributed by atoms with van der Waals surface area (Å²) in [6.07, 6.45) is -8.61. The van der Waals surface area contributed by atoms with Gasteiger partial charge in [-0.1, -0.05) is 0 Å². The smallest absolute Gasteiger partial charge is 0.790 e. The van der Waals surface area contributed by atoms with Crippen LogP contribution in [0.2, 0.25) is 0 Å². The van der Waals surface area contributed by atoms with Gasteiger partial charge in [-0.15, -0.1) is 0 Å². The van der Waals surface area contributed by atoms with Crippen molar-refractivity contribution in [1.29, 1.82) is 0 Å². The Balaban J connectivity index is 0. The van der Waals surface area contributed by atoms with E-state index in [0.29, 0.717) is 0 Å². The number of phosphoric acid groups is 1. The standard InChI is InChI=1S/C6H13O9P.2Na/c7-1-2-3(8)4(9)5(10)6(14-2)15-16(11,12)13;;/h2-10H,1H2,(H2,11,12,13);;/q;2*+1/p-2/t2-,3-,4-,5+,6-;;/m1../s1. The first kappa shape index (κ1) is 22.2. The first-order valence-electron chi connectivity index (χ1n) is 4.27. The van der Waals surface area contributed by atoms with Gasteiger partial charge >= 0.3 is 59.1 Å². The van der Waals surface area contributed by atoms with Crippen molar-refractivity contribution < 1.29 is 103 Å². The van der Waals surface area contributed by atoms with E-state index in [1.54, 1.807) is 0 Å². The molecule has 0 aromatic carbocycles. The van der Waals surface area contributed by atoms with Crippen molar-refractivity contribution in [3.8, 4) is 0 Å². The van der Waals surface area contributed by atoms with Gasteiger partial charge in [0.2, 0.25) is 0 Å². The molecule has 0 radical (unpaired) electrons. The molecule has 12 heteroatoms. The molecule has 0 spiro atoms. The van der Waals surface area contributed by atoms with Gasteiger partial charge in [-0.2, -0.15) is 0 Å². The van der Waals surface area contributed by atoms with Gasteiger partial charge in [0.25, 0.3) is 0 Å². The van der Waals surface area contributed by atoms with Gasteiger partial charge in [-0.05, 0) is 0 Å². The predicted molar refractivity (Wildman–Crippen MR) is 42.5 cm³/mol. The van der Waals surface area contributed by atoms with E-state index in [-0.39, 0.29) is 59.1 Å². The minimum atomic E-state index is -5.41. The number of aliphatic hydroxyl groups excluding tert-OH is 4. The molecule has 5 atom stereocenters. The molecule has 1 aliphatic heterocycles. The average Bonchev–Trinajstić information content (AvgIpc) is 2.17. The minimum Gasteiger partial charge on any atom is -0.790 e. The van der Waals surface area contributed by atoms with Crippen molar-refractivity contribution in [2.24, 2.45) is 0 Å². The maximum atomic E-state index is 10.3. The molecule has 1 saturated heterocycles. The second-order valence-corrected chi connectivity index (χ2v) is 4.36. The number of hydrogen-bond donors (Lipinski definition) is 4. The Morgan fingerprint density at radius 3 is 2.00 bits per heavy atom. The van der Waals surface area contributed by atoms with Crippen molar-refractivity contribution >= 4 is 7.82 Å². The molecule has 4 N–H and O–H groups in total. The Bertz CT molecular complexity index is 284. The Kier molecular flexibility index (Phi) is 11.1. The van der Waals surface area contributed by atoms with E-state index in [2.05, 4.69) is 9.26 Å². The fraction of sp³-hybridized carbons (Fsp3) is 1.00. The maximum absolute atomic E-state index is 10.3. The summed E-state index contributed by atoms with van der Waals surface area (Å²) in [5.41, 5.74) is 0. The third-order valence-electron chi connectivity index (χ3n) is 2.08. The largest absolute Gasteiger partial charge is 1.00 e. The zero-order chi connectivity index (χ0) is 12.5. The molecular weight excluding hydrogens is 293 g/mol. The summed E-state index contributed by atoms with van der Waals surface area (Å²) in [5.74, 6) is 0. The molecule has 0 aliphatic carbocycles. The van der Waals surface area contributed by atoms with Gasteiger partial charge in [0.05, 0.1) is 14.4 Å². The Hall–Kier alpha value is 1.91. The van der Waals surface area contributed by atoms with Crippen molar-refractivity contribution in [1.82, 2.24) is 0 Å². The summed E-state index contributed by atoms with van der Waals surface area (Å²) in [6.45, 7) is -0.743. The molecule has 0 amide bonds. The predicted octanol–water partition coefficient (Wildman–Crippen LogP) is -10.4. The Morgan fingerprint density at radius 2 is 1.61 bits per heavy atom. The van der Waals surface area contributed by atoms with E-state index in [1.807, 2.05) is 0 Å². The average molecular weight is 304 g/mol. The van der Waals surface area contributed by atoms with Crippen LogP contribution >= 0.6 is 7.82 Å². The van der Waals surface area contributed by atoms with E-state index < -0.39 is 45.1 Å². The van der Waals surface area contributed by atoms with Gasteiger partial charge in [-0.25, -0.2) is 0 Å². The zero-order valence-electron chi connectivity index (χ0n) is 9.87. The first-order valence-corrected chi connectivity index (χ1v) is 5.73. The normalized spacial score (nSPS) is 36.4. The van der Waals surface area contributed by atoms with Crippen LogP contribution in [0.1, 0.15) is 0 Å². The molecule has 0 unspecified atom stereocenters. The Labute approximate surface area is 147 Å². The van der Waals surface area contributed by atoms with Crippen LogP contribution in [0.15, 0.2) is 0 Å². The zero-order valence-corrected chi connectivity index (χ0v) is 14.8. The third-order valence-corrected chi connectivity index (χ3v) is 2.55. The van der Waals surface area contributed by atoms with E-state index >= 15 is 0 Å². The van der Waals surface area contributed by atoms with Crippen LogP contribution in [0.5, 0.6) is 0 Å². The van der Waals surface area contributed by atoms with Gasteiger partial charge in [-0.3, -0.25) is 0 Å². The second-order valence-electron chi connectivity index (χ2n) is 3.25. The Morgan fingerprint density at radius 1 is 1.11 bits per heavy atom. The van der Waals surface area contributed by atoms with Crippen LogP contribution in [-0.2, 0) is 13.8 Å². The quantitative estimate of drug-likeness (QED) is 0.293. The summed E-state index contributed by atoms with van der Waals surface area (Å²) >= 11 is 0. The van der Waals surface area contributed by atoms with Crippen molar-refractivity contribution in [3.05, 3.63) is 0 Å². The molecule has 1 aliphatic rings. The second kappa shape index (κ2) is 9.04. The SMILES string of the molecule is O=P([O-])([O-])O[C@H]1O[C@H](CO)[C@@H](O)[C@@H](O)[C@@H]1O.[Na+].[Na+]. The van der Waals surface area contributed by atoms with Gasteiger partial charge in [0, 0.05) is 0 Å². The summed E-state index contributed by atoms with van der Waals surface area (Å²) in [6, 6.07) is 0. The summed E-state index contributed by atoms with van der Waals surface area (Å²) in [7, 11) is -5.41. The van der Waals surface area contributed by atoms with Crippen molar-refractivity contribution in [2.45, 2.75) is 30.7 Å². The van der Waals surface area contributed by atoms with Crippen LogP contribution < -0.4 is 68.9 Å². The number of phosphoric ester groups is 1. The molecular formula is C6H11Na2O9P. The molecule has 0 saturated carbocycles. The molecule has 96 valence electrons. The molecule has 18 heavy (non-hydrogen) atoms. The van der Waals surface area contributed by atoms with E-state index in [4.69, 9.17) is 5.11 Å². The van der Waals surface area contributed by atoms with Crippen molar-refractivity contribution in [2.75, 3.05) is 6.61 Å². The number of hydrogen-bond acceptors (Lipinski definition) is 9. The van der Waals surface area contributed by atoms with Crippen molar-refractivity contribution in [3.63, 3.8) is 0 Å². The van der Waals surface area contributed by atoms with Crippen LogP contribution in [0.25, 0.3) is 0 Å². The summed E-state index contributed by atoms with van der Waals surface area (Å²) in [4.78, 5) is 20.6. The van der Waals surface area contributed by atoms with Crippen LogP contribution in [0.3, 0.4) is 0 Å². The van der Waals surface area contributed by atoms with E-state index in [0.717, 1.165) is 0 Å². The number of aliphatic hydroxyl groups is 4. The summed E-state index contributed by atoms with van der Waals surface area (Å²) < 4.78 is 18.7. The third kappa shape index (κ3) is 6.13. The van der Waals surface area contributed by atoms with Crippen LogP contribution in [-0.4, -0.2) is 57.7 Å². The molecule has 0 aromatic heterocycles. The molecule has 1 rings (SSSR count). The molecule has 1 heterocycles. The molecule has 0 aromatic rings.